The molecule has 1 aromatic heterocycles. The fraction of sp³-hybridized carbons (Fsp3) is 0.500. The number of nitrogens with zero attached hydrogens (tertiary/aromatic N) is 2. The number of aryl methyl sites for hydroxylation is 3. The summed E-state index contributed by atoms with van der Waals surface area (Å²) in [6, 6.07) is 7.08. The van der Waals surface area contributed by atoms with Gasteiger partial charge in [-0.25, -0.2) is 0 Å². The van der Waals surface area contributed by atoms with Crippen molar-refractivity contribution in [2.45, 2.75) is 60.4 Å². The van der Waals surface area contributed by atoms with E-state index in [9.17, 15) is 0 Å². The van der Waals surface area contributed by atoms with E-state index in [0.29, 0.717) is 6.04 Å². The standard InChI is InChI=1S/C18H26N2.Pd/c1-7-15-10-9-11-16(8-2)18(15)17-13(5)19-20(12(3)4)14(17)6;/h9-12H,7-8H2,1-6H3;. The number of aromatic nitrogens is 2. The molecule has 1 heterocycles. The van der Waals surface area contributed by atoms with Crippen LogP contribution in [0.5, 0.6) is 0 Å². The maximum atomic E-state index is 4.75. The second kappa shape index (κ2) is 7.38. The van der Waals surface area contributed by atoms with Crippen molar-refractivity contribution >= 4 is 0 Å². The average molecular weight is 377 g/mol. The fourth-order valence-electron chi connectivity index (χ4n) is 3.09. The Morgan fingerprint density at radius 3 is 1.90 bits per heavy atom. The SMILES string of the molecule is CCc1cccc(CC)c1-c1c(C)nn(C(C)C)c1C.[Pd]. The van der Waals surface area contributed by atoms with Crippen LogP contribution in [0.15, 0.2) is 18.2 Å². The zero-order valence-corrected chi connectivity index (χ0v) is 15.5. The Labute approximate surface area is 142 Å². The molecule has 0 spiro atoms. The van der Waals surface area contributed by atoms with Gasteiger partial charge in [-0.2, -0.15) is 5.10 Å². The largest absolute Gasteiger partial charge is 0.266 e. The summed E-state index contributed by atoms with van der Waals surface area (Å²) >= 11 is 0. The van der Waals surface area contributed by atoms with Gasteiger partial charge < -0.3 is 0 Å². The third-order valence-electron chi connectivity index (χ3n) is 4.06. The van der Waals surface area contributed by atoms with Crippen LogP contribution in [0.4, 0.5) is 0 Å². The average Bonchev–Trinajstić information content (AvgIpc) is 2.73. The molecule has 0 saturated carbocycles. The minimum absolute atomic E-state index is 0. The van der Waals surface area contributed by atoms with Gasteiger partial charge in [0.15, 0.2) is 0 Å². The molecule has 3 heteroatoms. The van der Waals surface area contributed by atoms with Crippen molar-refractivity contribution in [1.29, 1.82) is 0 Å². The predicted molar refractivity (Wildman–Crippen MR) is 86.3 cm³/mol. The van der Waals surface area contributed by atoms with E-state index in [1.165, 1.54) is 27.9 Å². The van der Waals surface area contributed by atoms with E-state index >= 15 is 0 Å². The molecule has 0 saturated heterocycles. The summed E-state index contributed by atoms with van der Waals surface area (Å²) in [4.78, 5) is 0. The maximum absolute atomic E-state index is 4.75. The summed E-state index contributed by atoms with van der Waals surface area (Å²) in [5.74, 6) is 0. The van der Waals surface area contributed by atoms with E-state index in [-0.39, 0.29) is 20.4 Å². The number of benzene rings is 1. The van der Waals surface area contributed by atoms with Crippen LogP contribution in [0.2, 0.25) is 0 Å². The Kier molecular flexibility index (Phi) is 6.38. The zero-order chi connectivity index (χ0) is 14.9. The first-order chi connectivity index (χ1) is 9.51. The third kappa shape index (κ3) is 3.30. The van der Waals surface area contributed by atoms with Crippen LogP contribution >= 0.6 is 0 Å². The molecule has 0 fully saturated rings. The summed E-state index contributed by atoms with van der Waals surface area (Å²) < 4.78 is 2.15. The Morgan fingerprint density at radius 2 is 1.52 bits per heavy atom. The molecule has 2 aromatic rings. The molecule has 1 aromatic carbocycles. The molecule has 0 atom stereocenters. The van der Waals surface area contributed by atoms with Crippen molar-refractivity contribution in [2.75, 3.05) is 0 Å². The van der Waals surface area contributed by atoms with Crippen LogP contribution in [0.25, 0.3) is 11.1 Å². The molecule has 0 radical (unpaired) electrons. The van der Waals surface area contributed by atoms with Crippen molar-refractivity contribution in [3.8, 4) is 11.1 Å². The minimum Gasteiger partial charge on any atom is -0.266 e. The third-order valence-corrected chi connectivity index (χ3v) is 4.06. The molecule has 0 aliphatic carbocycles. The molecule has 118 valence electrons. The quantitative estimate of drug-likeness (QED) is 0.696. The van der Waals surface area contributed by atoms with E-state index in [1.54, 1.807) is 0 Å². The minimum atomic E-state index is 0. The van der Waals surface area contributed by atoms with Gasteiger partial charge in [0.05, 0.1) is 5.69 Å². The predicted octanol–water partition coefficient (Wildman–Crippen LogP) is 4.87. The summed E-state index contributed by atoms with van der Waals surface area (Å²) in [6.45, 7) is 13.2. The molecule has 0 bridgehead atoms. The van der Waals surface area contributed by atoms with Gasteiger partial charge in [-0.05, 0) is 57.2 Å². The molecular weight excluding hydrogens is 351 g/mol. The number of rotatable bonds is 4. The zero-order valence-electron chi connectivity index (χ0n) is 13.9. The first-order valence-electron chi connectivity index (χ1n) is 7.68. The molecular formula is C18H26N2Pd. The molecule has 2 rings (SSSR count). The van der Waals surface area contributed by atoms with Crippen LogP contribution in [0.3, 0.4) is 0 Å². The van der Waals surface area contributed by atoms with Gasteiger partial charge >= 0.3 is 0 Å². The summed E-state index contributed by atoms with van der Waals surface area (Å²) in [5.41, 5.74) is 8.05. The van der Waals surface area contributed by atoms with Crippen molar-refractivity contribution in [3.63, 3.8) is 0 Å². The normalized spacial score (nSPS) is 10.8. The first kappa shape index (κ1) is 18.1. The van der Waals surface area contributed by atoms with Gasteiger partial charge in [-0.1, -0.05) is 32.0 Å². The van der Waals surface area contributed by atoms with Crippen molar-refractivity contribution in [2.24, 2.45) is 0 Å². The van der Waals surface area contributed by atoms with Gasteiger partial charge in [0.1, 0.15) is 0 Å². The molecule has 2 nitrogen and oxygen atoms in total. The Hall–Kier alpha value is -0.908. The fourth-order valence-corrected chi connectivity index (χ4v) is 3.09. The Bertz CT molecular complexity index is 590. The first-order valence-corrected chi connectivity index (χ1v) is 7.68. The van der Waals surface area contributed by atoms with Gasteiger partial charge in [0.2, 0.25) is 0 Å². The van der Waals surface area contributed by atoms with Crippen LogP contribution in [-0.4, -0.2) is 9.78 Å². The second-order valence-electron chi connectivity index (χ2n) is 5.74. The molecule has 0 aliphatic heterocycles. The van der Waals surface area contributed by atoms with Crippen molar-refractivity contribution in [3.05, 3.63) is 40.7 Å². The summed E-state index contributed by atoms with van der Waals surface area (Å²) in [5, 5.41) is 4.75. The smallest absolute Gasteiger partial charge is 0.0675 e. The van der Waals surface area contributed by atoms with Gasteiger partial charge in [0, 0.05) is 37.7 Å². The van der Waals surface area contributed by atoms with Crippen LogP contribution in [0, 0.1) is 13.8 Å². The monoisotopic (exact) mass is 376 g/mol. The molecule has 0 amide bonds. The second-order valence-corrected chi connectivity index (χ2v) is 5.74. The summed E-state index contributed by atoms with van der Waals surface area (Å²) in [7, 11) is 0. The van der Waals surface area contributed by atoms with Crippen LogP contribution in [-0.2, 0) is 33.3 Å². The van der Waals surface area contributed by atoms with E-state index < -0.39 is 0 Å². The molecule has 0 unspecified atom stereocenters. The summed E-state index contributed by atoms with van der Waals surface area (Å²) in [6.07, 6.45) is 2.13. The Balaban J connectivity index is 0.00000220. The van der Waals surface area contributed by atoms with Gasteiger partial charge in [-0.3, -0.25) is 4.68 Å². The molecule has 0 aliphatic rings. The molecule has 21 heavy (non-hydrogen) atoms. The Morgan fingerprint density at radius 1 is 1.00 bits per heavy atom. The van der Waals surface area contributed by atoms with Gasteiger partial charge in [0.25, 0.3) is 0 Å². The van der Waals surface area contributed by atoms with Crippen molar-refractivity contribution in [1.82, 2.24) is 9.78 Å². The van der Waals surface area contributed by atoms with E-state index in [4.69, 9.17) is 5.10 Å². The maximum Gasteiger partial charge on any atom is 0.0675 e. The van der Waals surface area contributed by atoms with Crippen LogP contribution < -0.4 is 0 Å². The van der Waals surface area contributed by atoms with E-state index in [1.807, 2.05) is 0 Å². The topological polar surface area (TPSA) is 17.8 Å². The number of hydrogen-bond donors (Lipinski definition) is 0. The molecule has 0 N–H and O–H groups in total. The van der Waals surface area contributed by atoms with Gasteiger partial charge in [-0.15, -0.1) is 0 Å². The van der Waals surface area contributed by atoms with E-state index in [2.05, 4.69) is 64.4 Å². The number of hydrogen-bond acceptors (Lipinski definition) is 1. The van der Waals surface area contributed by atoms with E-state index in [0.717, 1.165) is 18.5 Å². The van der Waals surface area contributed by atoms with Crippen LogP contribution in [0.1, 0.15) is 56.3 Å². The van der Waals surface area contributed by atoms with Crippen molar-refractivity contribution < 1.29 is 20.4 Å².